The van der Waals surface area contributed by atoms with Crippen LogP contribution in [0.5, 0.6) is 0 Å². The molecule has 0 saturated carbocycles. The number of alkyl halides is 1. The molecule has 4 N–H and O–H groups in total. The van der Waals surface area contributed by atoms with Gasteiger partial charge in [-0.05, 0) is 0 Å². The van der Waals surface area contributed by atoms with Crippen molar-refractivity contribution in [2.75, 3.05) is 32.2 Å². The average molecular weight is 814 g/mol. The molecule has 3 fully saturated rings. The van der Waals surface area contributed by atoms with Gasteiger partial charge in [0.2, 0.25) is 11.9 Å². The van der Waals surface area contributed by atoms with E-state index in [1.54, 1.807) is 13.8 Å². The fraction of sp³-hybridized carbons (Fsp3) is 0.571. The summed E-state index contributed by atoms with van der Waals surface area (Å²) in [6, 6.07) is 0.409. The van der Waals surface area contributed by atoms with Crippen LogP contribution in [0.25, 0.3) is 22.3 Å². The van der Waals surface area contributed by atoms with Crippen molar-refractivity contribution in [2.24, 2.45) is 5.92 Å². The number of hydrogen-bond acceptors (Lipinski definition) is 18. The van der Waals surface area contributed by atoms with Crippen LogP contribution in [-0.2, 0) is 51.6 Å². The van der Waals surface area contributed by atoms with Crippen LogP contribution >= 0.6 is 7.82 Å². The number of halogens is 1. The fourth-order valence-corrected chi connectivity index (χ4v) is 8.52. The number of nitrogens with one attached hydrogen (secondary N) is 4. The van der Waals surface area contributed by atoms with Gasteiger partial charge >= 0.3 is 18.1 Å². The molecule has 24 nitrogen and oxygen atoms in total. The number of rotatable bonds is 8. The predicted molar refractivity (Wildman–Crippen MR) is 180 cm³/mol. The van der Waals surface area contributed by atoms with Gasteiger partial charge in [0.05, 0.1) is 57.3 Å². The van der Waals surface area contributed by atoms with Crippen LogP contribution in [0.2, 0.25) is 0 Å². The third kappa shape index (κ3) is 7.55. The number of anilines is 1. The number of nitrogens with zero attached hydrogens (tertiary/aromatic N) is 7. The van der Waals surface area contributed by atoms with Gasteiger partial charge in [-0.25, -0.2) is 23.9 Å². The normalized spacial score (nSPS) is 31.1. The molecule has 7 heterocycles. The van der Waals surface area contributed by atoms with Gasteiger partial charge in [-0.1, -0.05) is 13.8 Å². The van der Waals surface area contributed by atoms with Crippen molar-refractivity contribution < 1.29 is 54.1 Å². The smallest absolute Gasteiger partial charge is 0.377 e. The van der Waals surface area contributed by atoms with E-state index in [9.17, 15) is 27.4 Å². The molecule has 1 amide bonds. The van der Waals surface area contributed by atoms with Crippen molar-refractivity contribution in [3.05, 3.63) is 39.7 Å². The second-order valence-electron chi connectivity index (χ2n) is 12.6. The van der Waals surface area contributed by atoms with Crippen LogP contribution in [0.3, 0.4) is 0 Å². The van der Waals surface area contributed by atoms with E-state index < -0.39 is 110 Å². The Labute approximate surface area is 308 Å². The quantitative estimate of drug-likeness (QED) is 0.131. The zero-order valence-corrected chi connectivity index (χ0v) is 30.6. The summed E-state index contributed by atoms with van der Waals surface area (Å²) in [6.07, 6.45) is -8.34. The van der Waals surface area contributed by atoms with Crippen LogP contribution in [0.1, 0.15) is 32.7 Å². The van der Waals surface area contributed by atoms with Crippen LogP contribution in [0.15, 0.2) is 28.6 Å². The zero-order chi connectivity index (χ0) is 39.2. The van der Waals surface area contributed by atoms with E-state index in [0.29, 0.717) is 0 Å². The van der Waals surface area contributed by atoms with Crippen molar-refractivity contribution in [1.29, 1.82) is 5.26 Å². The molecule has 7 rings (SSSR count). The number of aromatic amines is 2. The van der Waals surface area contributed by atoms with Crippen molar-refractivity contribution in [2.45, 2.75) is 69.4 Å². The molecule has 0 radical (unpaired) electrons. The summed E-state index contributed by atoms with van der Waals surface area (Å²) >= 11 is 0. The minimum atomic E-state index is -4.88. The third-order valence-corrected chi connectivity index (χ3v) is 11.2. The minimum Gasteiger partial charge on any atom is -0.377 e. The molecule has 0 aliphatic carbocycles. The Morgan fingerprint density at radius 1 is 1.11 bits per heavy atom. The summed E-state index contributed by atoms with van der Waals surface area (Å²) in [6.45, 7) is 1.15. The Balaban J connectivity index is 1.25. The number of aromatic nitrogens is 8. The van der Waals surface area contributed by atoms with Crippen LogP contribution in [0.4, 0.5) is 10.3 Å². The summed E-state index contributed by atoms with van der Waals surface area (Å²) < 4.78 is 102. The highest BCUT2D eigenvalue weighted by Crippen LogP contribution is 2.54. The second-order valence-corrected chi connectivity index (χ2v) is 15.7. The number of nitriles is 1. The van der Waals surface area contributed by atoms with Crippen molar-refractivity contribution >= 4 is 52.3 Å². The number of imidazole rings is 2. The number of phosphoric acid groups is 1. The summed E-state index contributed by atoms with van der Waals surface area (Å²) in [7, 11) is -8.48. The Kier molecular flexibility index (Phi) is 10.7. The van der Waals surface area contributed by atoms with Crippen molar-refractivity contribution in [3.8, 4) is 6.07 Å². The molecule has 27 heteroatoms. The van der Waals surface area contributed by atoms with Crippen LogP contribution in [-0.4, -0.2) is 117 Å². The fourth-order valence-electron chi connectivity index (χ4n) is 6.16. The topological polar surface area (TPSA) is 308 Å². The first-order chi connectivity index (χ1) is 26.2. The molecule has 296 valence electrons. The highest BCUT2D eigenvalue weighted by Gasteiger charge is 2.54. The molecule has 1 unspecified atom stereocenters. The van der Waals surface area contributed by atoms with Crippen molar-refractivity contribution in [1.82, 2.24) is 43.8 Å². The Hall–Kier alpha value is -4.55. The number of carbonyl (C=O) groups is 1. The van der Waals surface area contributed by atoms with E-state index in [2.05, 4.69) is 39.9 Å². The maximum Gasteiger partial charge on any atom is 0.475 e. The molecule has 9 atom stereocenters. The summed E-state index contributed by atoms with van der Waals surface area (Å²) in [4.78, 5) is 58.7. The molecule has 4 aromatic rings. The van der Waals surface area contributed by atoms with Gasteiger partial charge in [-0.2, -0.15) is 23.4 Å². The lowest BCUT2D eigenvalue weighted by atomic mass is 10.1. The van der Waals surface area contributed by atoms with Crippen LogP contribution < -0.4 is 21.2 Å². The highest BCUT2D eigenvalue weighted by atomic mass is 32.2. The lowest BCUT2D eigenvalue weighted by molar-refractivity contribution is -0.118. The molecule has 0 aromatic carbocycles. The van der Waals surface area contributed by atoms with E-state index in [1.165, 1.54) is 11.7 Å². The molecule has 3 aliphatic heterocycles. The van der Waals surface area contributed by atoms with E-state index in [4.69, 9.17) is 37.2 Å². The number of methoxy groups -OCH3 is 1. The summed E-state index contributed by atoms with van der Waals surface area (Å²) in [5.41, 5.74) is -1.93. The summed E-state index contributed by atoms with van der Waals surface area (Å²) in [5.74, 6) is -1.16. The Morgan fingerprint density at radius 2 is 1.82 bits per heavy atom. The second kappa shape index (κ2) is 15.2. The van der Waals surface area contributed by atoms with E-state index in [0.717, 1.165) is 23.5 Å². The number of fused-ring (bicyclic) bond motifs is 5. The molecule has 3 aliphatic rings. The molecule has 2 bridgehead atoms. The monoisotopic (exact) mass is 813 g/mol. The van der Waals surface area contributed by atoms with E-state index >= 15 is 4.39 Å². The molecular formula is C28H33FN11O13PS. The van der Waals surface area contributed by atoms with Gasteiger partial charge < -0.3 is 19.2 Å². The SMILES string of the molecule is CO[C@H]1[C@H]2NS(=O)(=O)OC[C@H]3O[C@@H](n4cnc5c(=O)[nH]cnc54)[C@H](F)[C@@H]3OP(=O)(OCCC#N)OC[C@H]1O[C@H]2n1cnc2c(=O)[nH]c(NC(=O)C(C)C)nc21. The first kappa shape index (κ1) is 38.7. The lowest BCUT2D eigenvalue weighted by Crippen LogP contribution is -2.48. The Morgan fingerprint density at radius 3 is 2.53 bits per heavy atom. The maximum atomic E-state index is 16.4. The maximum absolute atomic E-state index is 16.4. The standard InChI is InChI=1S/C28H33FN11O13PS/c1-12(2)23(41)36-28-35-22-18(25(43)37-28)34-11-40(22)27-16-20(47-3)13(52-27)7-49-54(44,48-6-4-5-30)53-19-14(8-50-55(45,46)38-16)51-26(15(19)29)39-10-33-17-21(39)31-9-32-24(17)42/h9-16,19-20,26-27,38H,4,6-8H2,1-3H3,(H,31,32,42)(H2,35,36,37,41,43)/t13-,14-,15-,16-,19-,20-,26-,27-,54?/m1/s1. The van der Waals surface area contributed by atoms with Gasteiger partial charge in [0.25, 0.3) is 11.1 Å². The highest BCUT2D eigenvalue weighted by molar-refractivity contribution is 7.84. The van der Waals surface area contributed by atoms with E-state index in [1.807, 2.05) is 6.07 Å². The number of carbonyl (C=O) groups excluding carboxylic acids is 1. The van der Waals surface area contributed by atoms with Gasteiger partial charge in [0.1, 0.15) is 24.4 Å². The van der Waals surface area contributed by atoms with Gasteiger partial charge in [-0.15, -0.1) is 0 Å². The predicted octanol–water partition coefficient (Wildman–Crippen LogP) is -0.331. The first-order valence-corrected chi connectivity index (χ1v) is 19.4. The number of amides is 1. The number of ether oxygens (including phenoxy) is 3. The molecule has 4 aromatic heterocycles. The number of phosphoric ester groups is 1. The van der Waals surface area contributed by atoms with Crippen molar-refractivity contribution in [3.63, 3.8) is 0 Å². The Bertz CT molecular complexity index is 2420. The molecule has 0 spiro atoms. The number of hydrogen-bond donors (Lipinski definition) is 4. The summed E-state index contributed by atoms with van der Waals surface area (Å²) in [5, 5.41) is 11.6. The minimum absolute atomic E-state index is 0.0894. The van der Waals surface area contributed by atoms with Gasteiger partial charge in [0, 0.05) is 13.0 Å². The third-order valence-electron chi connectivity index (χ3n) is 8.77. The van der Waals surface area contributed by atoms with Gasteiger partial charge in [-0.3, -0.25) is 51.6 Å². The van der Waals surface area contributed by atoms with Crippen LogP contribution in [0, 0.1) is 17.2 Å². The van der Waals surface area contributed by atoms with Gasteiger partial charge in [0.15, 0.2) is 41.0 Å². The lowest BCUT2D eigenvalue weighted by Gasteiger charge is -2.26. The molecular weight excluding hydrogens is 780 g/mol. The molecule has 3 saturated heterocycles. The zero-order valence-electron chi connectivity index (χ0n) is 28.9. The number of H-pyrrole nitrogens is 2. The molecule has 55 heavy (non-hydrogen) atoms. The van der Waals surface area contributed by atoms with E-state index in [-0.39, 0.29) is 34.7 Å². The average Bonchev–Trinajstić information content (AvgIpc) is 3.90. The first-order valence-electron chi connectivity index (χ1n) is 16.5. The largest absolute Gasteiger partial charge is 0.475 e.